The highest BCUT2D eigenvalue weighted by Crippen LogP contribution is 2.37. The highest BCUT2D eigenvalue weighted by molar-refractivity contribution is 5.78. The number of phenolic OH excluding ortho intramolecular Hbond substituents is 2. The molecule has 0 radical (unpaired) electrons. The number of para-hydroxylation sites is 4. The number of rotatable bonds is 10. The van der Waals surface area contributed by atoms with Gasteiger partial charge < -0.3 is 40.5 Å². The quantitative estimate of drug-likeness (QED) is 0.138. The molecule has 240 valence electrons. The normalized spacial score (nSPS) is 12.2. The molecule has 1 aliphatic rings. The molecule has 2 amide bonds. The largest absolute Gasteiger partial charge is 0.507 e. The minimum absolute atomic E-state index is 0.115. The van der Waals surface area contributed by atoms with E-state index in [1.165, 1.54) is 0 Å². The monoisotopic (exact) mass is 626 g/mol. The standard InChI is InChI=1S/C36H38N2O8/c39-15-13-37-31(41)21-45-35-27-9-3-11-29(35)19-25-7-2-8-26(34(25)44)20-30-12-4-10-28(36(30)46-22-32(42)38-14-16-40)18-24-6-1-5-23(17-27)33(24)43/h1-12,39-40,43-44H,13-22H2,(H,37,41)(H,38,42). The zero-order valence-electron chi connectivity index (χ0n) is 25.4. The lowest BCUT2D eigenvalue weighted by atomic mass is 9.91. The molecule has 0 saturated heterocycles. The van der Waals surface area contributed by atoms with E-state index < -0.39 is 0 Å². The van der Waals surface area contributed by atoms with E-state index in [0.717, 1.165) is 22.3 Å². The van der Waals surface area contributed by atoms with Crippen molar-refractivity contribution in [1.29, 1.82) is 0 Å². The Bertz CT molecular complexity index is 1490. The van der Waals surface area contributed by atoms with Crippen molar-refractivity contribution < 1.29 is 39.5 Å². The Balaban J connectivity index is 1.60. The van der Waals surface area contributed by atoms with Crippen LogP contribution < -0.4 is 20.1 Å². The summed E-state index contributed by atoms with van der Waals surface area (Å²) in [5.41, 5.74) is 5.63. The fourth-order valence-electron chi connectivity index (χ4n) is 5.65. The molecule has 10 nitrogen and oxygen atoms in total. The van der Waals surface area contributed by atoms with E-state index in [-0.39, 0.29) is 62.8 Å². The van der Waals surface area contributed by atoms with Gasteiger partial charge in [-0.05, 0) is 44.5 Å². The van der Waals surface area contributed by atoms with E-state index in [4.69, 9.17) is 19.7 Å². The zero-order valence-corrected chi connectivity index (χ0v) is 25.4. The van der Waals surface area contributed by atoms with Gasteiger partial charge in [0, 0.05) is 38.8 Å². The first kappa shape index (κ1) is 32.3. The van der Waals surface area contributed by atoms with Gasteiger partial charge in [0.05, 0.1) is 13.2 Å². The Labute approximate surface area is 267 Å². The molecule has 4 aromatic carbocycles. The lowest BCUT2D eigenvalue weighted by Crippen LogP contribution is -2.31. The summed E-state index contributed by atoms with van der Waals surface area (Å²) in [6.07, 6.45) is 1.23. The number of aliphatic hydroxyl groups is 2. The number of carbonyl (C=O) groups excluding carboxylic acids is 2. The Kier molecular flexibility index (Phi) is 10.7. The minimum atomic E-state index is -0.378. The average Bonchev–Trinajstić information content (AvgIpc) is 3.05. The topological polar surface area (TPSA) is 158 Å². The third kappa shape index (κ3) is 7.77. The van der Waals surface area contributed by atoms with Gasteiger partial charge in [-0.1, -0.05) is 72.8 Å². The number of hydrogen-bond acceptors (Lipinski definition) is 8. The maximum Gasteiger partial charge on any atom is 0.258 e. The van der Waals surface area contributed by atoms with E-state index in [2.05, 4.69) is 10.6 Å². The third-order valence-electron chi connectivity index (χ3n) is 7.85. The number of phenols is 2. The summed E-state index contributed by atoms with van der Waals surface area (Å²) in [7, 11) is 0. The highest BCUT2D eigenvalue weighted by Gasteiger charge is 2.21. The van der Waals surface area contributed by atoms with E-state index >= 15 is 0 Å². The van der Waals surface area contributed by atoms with Crippen molar-refractivity contribution in [1.82, 2.24) is 10.6 Å². The van der Waals surface area contributed by atoms with Crippen molar-refractivity contribution >= 4 is 11.8 Å². The lowest BCUT2D eigenvalue weighted by Gasteiger charge is -2.20. The van der Waals surface area contributed by atoms with Crippen LogP contribution in [0.15, 0.2) is 72.8 Å². The maximum atomic E-state index is 12.4. The molecule has 0 aromatic heterocycles. The van der Waals surface area contributed by atoms with Gasteiger partial charge in [-0.25, -0.2) is 0 Å². The summed E-state index contributed by atoms with van der Waals surface area (Å²) < 4.78 is 12.2. The molecule has 0 saturated carbocycles. The van der Waals surface area contributed by atoms with Gasteiger partial charge in [-0.15, -0.1) is 0 Å². The average molecular weight is 627 g/mol. The van der Waals surface area contributed by atoms with Crippen LogP contribution in [0.3, 0.4) is 0 Å². The van der Waals surface area contributed by atoms with Crippen molar-refractivity contribution in [2.45, 2.75) is 25.7 Å². The predicted octanol–water partition coefficient (Wildman–Crippen LogP) is 2.75. The van der Waals surface area contributed by atoms with Crippen LogP contribution in [0.1, 0.15) is 44.5 Å². The van der Waals surface area contributed by atoms with E-state index in [1.54, 1.807) is 0 Å². The molecule has 0 heterocycles. The van der Waals surface area contributed by atoms with Gasteiger partial charge in [0.15, 0.2) is 13.2 Å². The van der Waals surface area contributed by atoms with E-state index in [9.17, 15) is 19.8 Å². The molecule has 5 rings (SSSR count). The zero-order chi connectivity index (χ0) is 32.5. The number of nitrogens with one attached hydrogen (secondary N) is 2. The van der Waals surface area contributed by atoms with Gasteiger partial charge in [-0.2, -0.15) is 0 Å². The molecule has 46 heavy (non-hydrogen) atoms. The first-order valence-corrected chi connectivity index (χ1v) is 15.2. The summed E-state index contributed by atoms with van der Waals surface area (Å²) >= 11 is 0. The van der Waals surface area contributed by atoms with Crippen molar-refractivity contribution in [2.75, 3.05) is 39.5 Å². The van der Waals surface area contributed by atoms with Gasteiger partial charge >= 0.3 is 0 Å². The minimum Gasteiger partial charge on any atom is -0.507 e. The smallest absolute Gasteiger partial charge is 0.258 e. The number of benzene rings is 4. The summed E-state index contributed by atoms with van der Waals surface area (Å²) in [4.78, 5) is 24.8. The van der Waals surface area contributed by atoms with Crippen LogP contribution in [0.4, 0.5) is 0 Å². The van der Waals surface area contributed by atoms with Crippen molar-refractivity contribution in [3.8, 4) is 23.0 Å². The summed E-state index contributed by atoms with van der Waals surface area (Å²) in [5.74, 6) is 0.457. The summed E-state index contributed by atoms with van der Waals surface area (Å²) in [5, 5.41) is 46.3. The van der Waals surface area contributed by atoms with Crippen LogP contribution >= 0.6 is 0 Å². The molecule has 6 N–H and O–H groups in total. The van der Waals surface area contributed by atoms with Gasteiger partial charge in [-0.3, -0.25) is 9.59 Å². The number of carbonyl (C=O) groups is 2. The molecule has 10 heteroatoms. The Morgan fingerprint density at radius 1 is 0.522 bits per heavy atom. The summed E-state index contributed by atoms with van der Waals surface area (Å²) in [6, 6.07) is 22.4. The lowest BCUT2D eigenvalue weighted by molar-refractivity contribution is -0.124. The Hall–Kier alpha value is -5.06. The number of ether oxygens (including phenoxy) is 2. The SMILES string of the molecule is O=C(COc1c2cccc1Cc1cccc(c1O)Cc1cccc(c1OCC(=O)NCCO)Cc1cccc(c1O)C2)NCCO. The van der Waals surface area contributed by atoms with Crippen molar-refractivity contribution in [3.63, 3.8) is 0 Å². The molecule has 0 unspecified atom stereocenters. The first-order valence-electron chi connectivity index (χ1n) is 15.2. The molecule has 8 bridgehead atoms. The highest BCUT2D eigenvalue weighted by atomic mass is 16.5. The third-order valence-corrected chi connectivity index (χ3v) is 7.85. The van der Waals surface area contributed by atoms with E-state index in [1.807, 2.05) is 72.8 Å². The van der Waals surface area contributed by atoms with Gasteiger partial charge in [0.2, 0.25) is 0 Å². The molecular formula is C36H38N2O8. The second-order valence-corrected chi connectivity index (χ2v) is 11.1. The molecule has 0 spiro atoms. The molecule has 1 aliphatic carbocycles. The number of hydrogen-bond donors (Lipinski definition) is 6. The van der Waals surface area contributed by atoms with Crippen LogP contribution in [-0.2, 0) is 35.3 Å². The molecule has 0 aliphatic heterocycles. The Morgan fingerprint density at radius 3 is 1.09 bits per heavy atom. The summed E-state index contributed by atoms with van der Waals surface area (Å²) in [6.45, 7) is -0.672. The van der Waals surface area contributed by atoms with E-state index in [0.29, 0.717) is 59.4 Å². The fraction of sp³-hybridized carbons (Fsp3) is 0.278. The van der Waals surface area contributed by atoms with Crippen LogP contribution in [0, 0.1) is 0 Å². The van der Waals surface area contributed by atoms with Crippen molar-refractivity contribution in [2.24, 2.45) is 0 Å². The molecule has 0 atom stereocenters. The molecular weight excluding hydrogens is 588 g/mol. The van der Waals surface area contributed by atoms with Crippen LogP contribution in [0.2, 0.25) is 0 Å². The van der Waals surface area contributed by atoms with Gasteiger partial charge in [0.25, 0.3) is 11.8 Å². The number of aliphatic hydroxyl groups excluding tert-OH is 2. The molecule has 4 aromatic rings. The second kappa shape index (κ2) is 15.3. The second-order valence-electron chi connectivity index (χ2n) is 11.1. The number of amides is 2. The number of fused-ring (bicyclic) bond motifs is 8. The Morgan fingerprint density at radius 2 is 0.804 bits per heavy atom. The first-order chi connectivity index (χ1) is 22.4. The van der Waals surface area contributed by atoms with Crippen LogP contribution in [0.5, 0.6) is 23.0 Å². The molecule has 0 fully saturated rings. The van der Waals surface area contributed by atoms with Crippen LogP contribution in [-0.4, -0.2) is 71.8 Å². The number of aromatic hydroxyl groups is 2. The van der Waals surface area contributed by atoms with Crippen molar-refractivity contribution in [3.05, 3.63) is 117 Å². The van der Waals surface area contributed by atoms with Crippen LogP contribution in [0.25, 0.3) is 0 Å². The fourth-order valence-corrected chi connectivity index (χ4v) is 5.65. The predicted molar refractivity (Wildman–Crippen MR) is 172 cm³/mol. The van der Waals surface area contributed by atoms with Gasteiger partial charge in [0.1, 0.15) is 23.0 Å². The maximum absolute atomic E-state index is 12.4.